The summed E-state index contributed by atoms with van der Waals surface area (Å²) in [7, 11) is 0. The summed E-state index contributed by atoms with van der Waals surface area (Å²) in [4.78, 5) is 15.4. The van der Waals surface area contributed by atoms with Crippen molar-refractivity contribution in [2.24, 2.45) is 0 Å². The molecule has 1 fully saturated rings. The van der Waals surface area contributed by atoms with Gasteiger partial charge in [-0.05, 0) is 56.2 Å². The summed E-state index contributed by atoms with van der Waals surface area (Å²) < 4.78 is 7.31. The van der Waals surface area contributed by atoms with Gasteiger partial charge in [0.25, 0.3) is 0 Å². The Labute approximate surface area is 191 Å². The van der Waals surface area contributed by atoms with Crippen LogP contribution in [0.25, 0.3) is 16.8 Å². The number of hydrogen-bond acceptors (Lipinski definition) is 7. The Hall–Kier alpha value is -3.94. The maximum Gasteiger partial charge on any atom is 0.318 e. The molecule has 33 heavy (non-hydrogen) atoms. The third-order valence-electron chi connectivity index (χ3n) is 6.33. The maximum atomic E-state index is 13.2. The number of anilines is 1. The van der Waals surface area contributed by atoms with Gasteiger partial charge in [-0.3, -0.25) is 4.79 Å². The molecule has 1 N–H and O–H groups in total. The number of phenols is 1. The van der Waals surface area contributed by atoms with E-state index in [1.54, 1.807) is 22.8 Å². The first-order valence-electron chi connectivity index (χ1n) is 11.1. The zero-order chi connectivity index (χ0) is 22.8. The summed E-state index contributed by atoms with van der Waals surface area (Å²) in [6, 6.07) is 16.8. The summed E-state index contributed by atoms with van der Waals surface area (Å²) >= 11 is 0. The number of esters is 1. The van der Waals surface area contributed by atoms with Gasteiger partial charge < -0.3 is 14.7 Å². The van der Waals surface area contributed by atoms with Gasteiger partial charge in [-0.1, -0.05) is 18.2 Å². The summed E-state index contributed by atoms with van der Waals surface area (Å²) in [5.74, 6) is -0.0634. The molecule has 1 saturated heterocycles. The average molecular weight is 444 g/mol. The third kappa shape index (κ3) is 3.77. The smallest absolute Gasteiger partial charge is 0.318 e. The standard InChI is InChI=1S/C25H25N5O3/c1-2-33-24(32)25(23-16-18-7-5-6-12-30(18)28-23)10-13-29(14-11-25)19-15-21(27-26-17-19)20-8-3-4-9-22(20)31/h3-9,12,15-17,31H,2,10-11,13-14H2,1H3. The molecule has 0 unspecified atom stereocenters. The molecule has 4 aromatic rings. The van der Waals surface area contributed by atoms with Crippen molar-refractivity contribution in [2.45, 2.75) is 25.2 Å². The van der Waals surface area contributed by atoms with Crippen LogP contribution < -0.4 is 4.90 Å². The molecule has 0 spiro atoms. The first kappa shape index (κ1) is 20.9. The Balaban J connectivity index is 1.43. The van der Waals surface area contributed by atoms with Crippen molar-refractivity contribution < 1.29 is 14.6 Å². The number of benzene rings is 1. The molecule has 5 rings (SSSR count). The van der Waals surface area contributed by atoms with Gasteiger partial charge in [0.2, 0.25) is 0 Å². The lowest BCUT2D eigenvalue weighted by Crippen LogP contribution is -2.48. The number of para-hydroxylation sites is 1. The predicted molar refractivity (Wildman–Crippen MR) is 124 cm³/mol. The van der Waals surface area contributed by atoms with Crippen LogP contribution >= 0.6 is 0 Å². The summed E-state index contributed by atoms with van der Waals surface area (Å²) in [6.45, 7) is 3.43. The van der Waals surface area contributed by atoms with Crippen LogP contribution in [0.5, 0.6) is 5.75 Å². The van der Waals surface area contributed by atoms with E-state index in [0.717, 1.165) is 16.9 Å². The summed E-state index contributed by atoms with van der Waals surface area (Å²) in [5, 5.41) is 23.3. The van der Waals surface area contributed by atoms with Gasteiger partial charge in [-0.2, -0.15) is 15.3 Å². The molecule has 1 aliphatic heterocycles. The van der Waals surface area contributed by atoms with Crippen molar-refractivity contribution in [2.75, 3.05) is 24.6 Å². The SMILES string of the molecule is CCOC(=O)C1(c2cc3ccccn3n2)CCN(c2cnnc(-c3ccccc3O)c2)CC1. The number of fused-ring (bicyclic) bond motifs is 1. The van der Waals surface area contributed by atoms with Crippen molar-refractivity contribution in [3.8, 4) is 17.0 Å². The minimum absolute atomic E-state index is 0.163. The van der Waals surface area contributed by atoms with E-state index in [2.05, 4.69) is 15.1 Å². The first-order chi connectivity index (χ1) is 16.1. The lowest BCUT2D eigenvalue weighted by atomic mass is 9.75. The topological polar surface area (TPSA) is 92.9 Å². The molecule has 4 heterocycles. The fourth-order valence-electron chi connectivity index (χ4n) is 4.50. The highest BCUT2D eigenvalue weighted by atomic mass is 16.5. The number of carbonyl (C=O) groups is 1. The molecule has 0 bridgehead atoms. The monoisotopic (exact) mass is 443 g/mol. The molecule has 0 radical (unpaired) electrons. The van der Waals surface area contributed by atoms with Gasteiger partial charge in [0.1, 0.15) is 11.2 Å². The number of nitrogens with zero attached hydrogens (tertiary/aromatic N) is 5. The van der Waals surface area contributed by atoms with Crippen LogP contribution in [0.2, 0.25) is 0 Å². The molecule has 1 aliphatic rings. The molecular weight excluding hydrogens is 418 g/mol. The van der Waals surface area contributed by atoms with Gasteiger partial charge in [0.05, 0.1) is 35.4 Å². The molecule has 0 amide bonds. The molecule has 8 nitrogen and oxygen atoms in total. The summed E-state index contributed by atoms with van der Waals surface area (Å²) in [6.07, 6.45) is 4.75. The second kappa shape index (κ2) is 8.54. The van der Waals surface area contributed by atoms with E-state index in [1.165, 1.54) is 0 Å². The second-order valence-electron chi connectivity index (χ2n) is 8.21. The second-order valence-corrected chi connectivity index (χ2v) is 8.21. The van der Waals surface area contributed by atoms with E-state index in [-0.39, 0.29) is 11.7 Å². The number of aromatic hydroxyl groups is 1. The lowest BCUT2D eigenvalue weighted by molar-refractivity contribution is -0.151. The van der Waals surface area contributed by atoms with Crippen LogP contribution in [0, 0.1) is 0 Å². The summed E-state index contributed by atoms with van der Waals surface area (Å²) in [5.41, 5.74) is 3.04. The van der Waals surface area contributed by atoms with Crippen molar-refractivity contribution in [3.05, 3.63) is 72.7 Å². The fourth-order valence-corrected chi connectivity index (χ4v) is 4.50. The van der Waals surface area contributed by atoms with Gasteiger partial charge in [-0.15, -0.1) is 0 Å². The van der Waals surface area contributed by atoms with E-state index in [4.69, 9.17) is 9.84 Å². The van der Waals surface area contributed by atoms with E-state index >= 15 is 0 Å². The van der Waals surface area contributed by atoms with Crippen LogP contribution in [0.15, 0.2) is 67.0 Å². The number of aromatic nitrogens is 4. The van der Waals surface area contributed by atoms with E-state index < -0.39 is 5.41 Å². The third-order valence-corrected chi connectivity index (χ3v) is 6.33. The number of phenolic OH excluding ortho intramolecular Hbond substituents is 1. The van der Waals surface area contributed by atoms with Crippen molar-refractivity contribution in [1.82, 2.24) is 19.8 Å². The highest BCUT2D eigenvalue weighted by molar-refractivity contribution is 5.84. The number of pyridine rings is 1. The highest BCUT2D eigenvalue weighted by Crippen LogP contribution is 2.38. The molecule has 0 atom stereocenters. The number of hydrogen-bond donors (Lipinski definition) is 1. The minimum atomic E-state index is -0.792. The Bertz CT molecular complexity index is 1260. The van der Waals surface area contributed by atoms with Gasteiger partial charge in [0.15, 0.2) is 0 Å². The number of carbonyl (C=O) groups excluding carboxylic acids is 1. The van der Waals surface area contributed by atoms with Crippen LogP contribution in [0.1, 0.15) is 25.5 Å². The van der Waals surface area contributed by atoms with E-state index in [9.17, 15) is 9.90 Å². The molecular formula is C25H25N5O3. The van der Waals surface area contributed by atoms with Gasteiger partial charge in [0, 0.05) is 24.8 Å². The Morgan fingerprint density at radius 3 is 2.67 bits per heavy atom. The van der Waals surface area contributed by atoms with Crippen molar-refractivity contribution in [1.29, 1.82) is 0 Å². The quantitative estimate of drug-likeness (QED) is 0.471. The normalized spacial score (nSPS) is 15.5. The largest absolute Gasteiger partial charge is 0.507 e. The predicted octanol–water partition coefficient (Wildman–Crippen LogP) is 3.60. The minimum Gasteiger partial charge on any atom is -0.507 e. The van der Waals surface area contributed by atoms with E-state index in [1.807, 2.05) is 55.6 Å². The molecule has 3 aromatic heterocycles. The van der Waals surface area contributed by atoms with Crippen LogP contribution in [0.3, 0.4) is 0 Å². The number of piperidine rings is 1. The van der Waals surface area contributed by atoms with Crippen LogP contribution in [-0.4, -0.2) is 50.6 Å². The molecule has 0 aliphatic carbocycles. The Kier molecular flexibility index (Phi) is 5.42. The molecule has 1 aromatic carbocycles. The number of rotatable bonds is 5. The van der Waals surface area contributed by atoms with Gasteiger partial charge in [-0.25, -0.2) is 4.52 Å². The van der Waals surface area contributed by atoms with E-state index in [0.29, 0.717) is 43.8 Å². The molecule has 168 valence electrons. The van der Waals surface area contributed by atoms with Crippen LogP contribution in [-0.2, 0) is 14.9 Å². The zero-order valence-corrected chi connectivity index (χ0v) is 18.4. The average Bonchev–Trinajstić information content (AvgIpc) is 3.29. The van der Waals surface area contributed by atoms with Crippen LogP contribution in [0.4, 0.5) is 5.69 Å². The highest BCUT2D eigenvalue weighted by Gasteiger charge is 2.46. The zero-order valence-electron chi connectivity index (χ0n) is 18.4. The number of ether oxygens (including phenoxy) is 1. The maximum absolute atomic E-state index is 13.2. The lowest BCUT2D eigenvalue weighted by Gasteiger charge is -2.39. The Morgan fingerprint density at radius 2 is 1.91 bits per heavy atom. The van der Waals surface area contributed by atoms with Crippen molar-refractivity contribution in [3.63, 3.8) is 0 Å². The first-order valence-corrected chi connectivity index (χ1v) is 11.1. The molecule has 8 heteroatoms. The van der Waals surface area contributed by atoms with Crippen molar-refractivity contribution >= 4 is 17.2 Å². The fraction of sp³-hybridized carbons (Fsp3) is 0.280. The Morgan fingerprint density at radius 1 is 1.12 bits per heavy atom. The molecule has 0 saturated carbocycles. The van der Waals surface area contributed by atoms with Gasteiger partial charge >= 0.3 is 5.97 Å².